The molecule has 3 aromatic rings. The van der Waals surface area contributed by atoms with Crippen LogP contribution in [0.3, 0.4) is 0 Å². The molecule has 0 bridgehead atoms. The fourth-order valence-electron chi connectivity index (χ4n) is 4.25. The van der Waals surface area contributed by atoms with Crippen LogP contribution >= 0.6 is 0 Å². The van der Waals surface area contributed by atoms with Crippen LogP contribution in [0.25, 0.3) is 10.8 Å². The van der Waals surface area contributed by atoms with Crippen LogP contribution < -0.4 is 21.3 Å². The molecule has 0 aromatic heterocycles. The van der Waals surface area contributed by atoms with Gasteiger partial charge in [0.15, 0.2) is 0 Å². The summed E-state index contributed by atoms with van der Waals surface area (Å²) in [6.45, 7) is 10.0. The highest BCUT2D eigenvalue weighted by Crippen LogP contribution is 2.17. The Bertz CT molecular complexity index is 1240. The van der Waals surface area contributed by atoms with Gasteiger partial charge >= 0.3 is 0 Å². The Morgan fingerprint density at radius 3 is 2.21 bits per heavy atom. The van der Waals surface area contributed by atoms with Crippen LogP contribution in [0, 0.1) is 5.92 Å². The monoisotopic (exact) mass is 530 g/mol. The first-order valence-electron chi connectivity index (χ1n) is 13.8. The van der Waals surface area contributed by atoms with Crippen molar-refractivity contribution < 1.29 is 14.4 Å². The smallest absolute Gasteiger partial charge is 0.252 e. The highest BCUT2D eigenvalue weighted by Gasteiger charge is 2.33. The third kappa shape index (κ3) is 9.52. The van der Waals surface area contributed by atoms with Crippen molar-refractivity contribution in [1.29, 1.82) is 0 Å². The van der Waals surface area contributed by atoms with Crippen molar-refractivity contribution in [3.05, 3.63) is 83.9 Å². The Labute approximate surface area is 232 Å². The van der Waals surface area contributed by atoms with E-state index in [1.165, 1.54) is 0 Å². The zero-order valence-electron chi connectivity index (χ0n) is 23.6. The quantitative estimate of drug-likeness (QED) is 0.235. The molecule has 0 saturated heterocycles. The van der Waals surface area contributed by atoms with Gasteiger partial charge in [0, 0.05) is 18.5 Å². The molecule has 0 saturated carbocycles. The summed E-state index contributed by atoms with van der Waals surface area (Å²) >= 11 is 0. The molecular weight excluding hydrogens is 488 g/mol. The Balaban J connectivity index is 1.66. The van der Waals surface area contributed by atoms with Crippen molar-refractivity contribution in [2.24, 2.45) is 5.92 Å². The van der Waals surface area contributed by atoms with Crippen LogP contribution in [0.1, 0.15) is 56.5 Å². The van der Waals surface area contributed by atoms with Gasteiger partial charge in [-0.05, 0) is 74.2 Å². The minimum atomic E-state index is -1.23. The minimum Gasteiger partial charge on any atom is -0.354 e. The van der Waals surface area contributed by atoms with Crippen LogP contribution in [-0.4, -0.2) is 48.9 Å². The lowest BCUT2D eigenvalue weighted by atomic mass is 9.98. The van der Waals surface area contributed by atoms with Crippen molar-refractivity contribution in [2.75, 3.05) is 19.6 Å². The molecule has 7 heteroatoms. The maximum absolute atomic E-state index is 13.3. The normalized spacial score (nSPS) is 12.2. The first kappa shape index (κ1) is 29.8. The van der Waals surface area contributed by atoms with Crippen molar-refractivity contribution in [3.63, 3.8) is 0 Å². The predicted molar refractivity (Wildman–Crippen MR) is 158 cm³/mol. The Morgan fingerprint density at radius 1 is 0.821 bits per heavy atom. The summed E-state index contributed by atoms with van der Waals surface area (Å²) in [6.07, 6.45) is 2.13. The van der Waals surface area contributed by atoms with Gasteiger partial charge in [0.25, 0.3) is 5.91 Å². The first-order chi connectivity index (χ1) is 18.7. The minimum absolute atomic E-state index is 0.239. The fourth-order valence-corrected chi connectivity index (χ4v) is 4.25. The lowest BCUT2D eigenvalue weighted by Gasteiger charge is -2.28. The highest BCUT2D eigenvalue weighted by molar-refractivity contribution is 6.00. The Morgan fingerprint density at radius 2 is 1.49 bits per heavy atom. The van der Waals surface area contributed by atoms with Gasteiger partial charge in [-0.25, -0.2) is 0 Å². The zero-order valence-corrected chi connectivity index (χ0v) is 23.6. The molecule has 3 rings (SSSR count). The Hall–Kier alpha value is -3.71. The van der Waals surface area contributed by atoms with Gasteiger partial charge in [-0.3, -0.25) is 14.4 Å². The van der Waals surface area contributed by atoms with Gasteiger partial charge < -0.3 is 21.3 Å². The number of fused-ring (bicyclic) bond motifs is 1. The van der Waals surface area contributed by atoms with Gasteiger partial charge in [-0.2, -0.15) is 0 Å². The van der Waals surface area contributed by atoms with Gasteiger partial charge in [0.2, 0.25) is 11.8 Å². The number of rotatable bonds is 14. The van der Waals surface area contributed by atoms with Gasteiger partial charge in [0.05, 0.1) is 0 Å². The van der Waals surface area contributed by atoms with E-state index in [1.807, 2.05) is 48.5 Å². The molecule has 0 aliphatic heterocycles. The number of amides is 3. The number of carbonyl (C=O) groups is 3. The highest BCUT2D eigenvalue weighted by atomic mass is 16.2. The molecule has 4 N–H and O–H groups in total. The van der Waals surface area contributed by atoms with E-state index in [4.69, 9.17) is 0 Å². The maximum atomic E-state index is 13.3. The number of carbonyl (C=O) groups excluding carboxylic acids is 3. The molecule has 0 fully saturated rings. The number of benzene rings is 3. The lowest BCUT2D eigenvalue weighted by molar-refractivity contribution is -0.131. The molecule has 0 heterocycles. The third-order valence-corrected chi connectivity index (χ3v) is 6.54. The first-order valence-corrected chi connectivity index (χ1v) is 13.8. The van der Waals surface area contributed by atoms with E-state index in [9.17, 15) is 14.4 Å². The van der Waals surface area contributed by atoms with Gasteiger partial charge in [0.1, 0.15) is 11.6 Å². The number of unbranched alkanes of at least 4 members (excludes halogenated alkanes) is 1. The molecule has 0 spiro atoms. The summed E-state index contributed by atoms with van der Waals surface area (Å²) in [5.74, 6) is -0.411. The second-order valence-electron chi connectivity index (χ2n) is 11.0. The number of hydrogen-bond acceptors (Lipinski definition) is 4. The van der Waals surface area contributed by atoms with E-state index in [1.54, 1.807) is 38.1 Å². The molecule has 0 aliphatic carbocycles. The van der Waals surface area contributed by atoms with E-state index in [0.29, 0.717) is 24.4 Å². The standard InChI is InChI=1S/C32H42N4O3/c1-23(2)22-33-18-10-11-19-34-30(38)28(21-24-16-17-25-12-8-9-15-27(25)20-24)35-31(39)32(3,4)36-29(37)26-13-6-5-7-14-26/h5-9,12-17,20,23,28,33H,10-11,18-19,21-22H2,1-4H3,(H,34,38)(H,35,39)(H,36,37). The van der Waals surface area contributed by atoms with Crippen LogP contribution in [0.5, 0.6) is 0 Å². The zero-order chi connectivity index (χ0) is 28.3. The molecule has 39 heavy (non-hydrogen) atoms. The molecule has 1 unspecified atom stereocenters. The number of nitrogens with one attached hydrogen (secondary N) is 4. The lowest BCUT2D eigenvalue weighted by Crippen LogP contribution is -2.59. The van der Waals surface area contributed by atoms with Crippen LogP contribution in [0.4, 0.5) is 0 Å². The summed E-state index contributed by atoms with van der Waals surface area (Å²) in [6, 6.07) is 22.1. The van der Waals surface area contributed by atoms with Gasteiger partial charge in [-0.15, -0.1) is 0 Å². The predicted octanol–water partition coefficient (Wildman–Crippen LogP) is 4.22. The molecular formula is C32H42N4O3. The van der Waals surface area contributed by atoms with E-state index in [2.05, 4.69) is 35.1 Å². The average Bonchev–Trinajstić information content (AvgIpc) is 2.92. The summed E-state index contributed by atoms with van der Waals surface area (Å²) < 4.78 is 0. The van der Waals surface area contributed by atoms with E-state index in [-0.39, 0.29) is 11.8 Å². The molecule has 208 valence electrons. The van der Waals surface area contributed by atoms with Crippen molar-refractivity contribution in [2.45, 2.75) is 58.5 Å². The third-order valence-electron chi connectivity index (χ3n) is 6.54. The molecule has 1 atom stereocenters. The largest absolute Gasteiger partial charge is 0.354 e. The molecule has 3 aromatic carbocycles. The summed E-state index contributed by atoms with van der Waals surface area (Å²) in [5.41, 5.74) is 0.182. The molecule has 3 amide bonds. The van der Waals surface area contributed by atoms with Crippen LogP contribution in [-0.2, 0) is 16.0 Å². The van der Waals surface area contributed by atoms with Crippen molar-refractivity contribution >= 4 is 28.5 Å². The van der Waals surface area contributed by atoms with Crippen LogP contribution in [0.2, 0.25) is 0 Å². The summed E-state index contributed by atoms with van der Waals surface area (Å²) in [4.78, 5) is 39.3. The van der Waals surface area contributed by atoms with E-state index < -0.39 is 17.5 Å². The topological polar surface area (TPSA) is 99.3 Å². The molecule has 0 aliphatic rings. The maximum Gasteiger partial charge on any atom is 0.252 e. The number of hydrogen-bond donors (Lipinski definition) is 4. The van der Waals surface area contributed by atoms with Crippen molar-refractivity contribution in [1.82, 2.24) is 21.3 Å². The Kier molecular flexibility index (Phi) is 11.1. The second kappa shape index (κ2) is 14.4. The van der Waals surface area contributed by atoms with Crippen molar-refractivity contribution in [3.8, 4) is 0 Å². The summed E-state index contributed by atoms with van der Waals surface area (Å²) in [7, 11) is 0. The average molecular weight is 531 g/mol. The SMILES string of the molecule is CC(C)CNCCCCNC(=O)C(Cc1ccc2ccccc2c1)NC(=O)C(C)(C)NC(=O)c1ccccc1. The summed E-state index contributed by atoms with van der Waals surface area (Å²) in [5, 5.41) is 14.3. The van der Waals surface area contributed by atoms with E-state index >= 15 is 0 Å². The second-order valence-corrected chi connectivity index (χ2v) is 11.0. The van der Waals surface area contributed by atoms with Gasteiger partial charge in [-0.1, -0.05) is 74.5 Å². The van der Waals surface area contributed by atoms with Crippen LogP contribution in [0.15, 0.2) is 72.8 Å². The molecule has 0 radical (unpaired) electrons. The molecule has 7 nitrogen and oxygen atoms in total. The van der Waals surface area contributed by atoms with E-state index in [0.717, 1.165) is 42.3 Å². The fraction of sp³-hybridized carbons (Fsp3) is 0.406.